The molecular formula is C16H25N5. The number of rotatable bonds is 7. The molecule has 0 saturated carbocycles. The fraction of sp³-hybridized carbons (Fsp3) is 0.562. The van der Waals surface area contributed by atoms with E-state index in [0.29, 0.717) is 0 Å². The third-order valence-electron chi connectivity index (χ3n) is 3.51. The molecule has 0 aliphatic carbocycles. The molecule has 0 amide bonds. The Balaban J connectivity index is 2.39. The first-order valence-electron chi connectivity index (χ1n) is 7.72. The fourth-order valence-electron chi connectivity index (χ4n) is 2.53. The van der Waals surface area contributed by atoms with E-state index >= 15 is 0 Å². The van der Waals surface area contributed by atoms with E-state index in [1.807, 2.05) is 17.1 Å². The van der Waals surface area contributed by atoms with Crippen molar-refractivity contribution in [3.05, 3.63) is 41.0 Å². The van der Waals surface area contributed by atoms with Gasteiger partial charge in [0.15, 0.2) is 0 Å². The summed E-state index contributed by atoms with van der Waals surface area (Å²) in [5.74, 6) is 0. The predicted molar refractivity (Wildman–Crippen MR) is 84.2 cm³/mol. The molecule has 0 saturated heterocycles. The smallest absolute Gasteiger partial charge is 0.0941 e. The molecule has 5 heteroatoms. The van der Waals surface area contributed by atoms with E-state index < -0.39 is 0 Å². The average molecular weight is 287 g/mol. The van der Waals surface area contributed by atoms with Crippen molar-refractivity contribution in [1.82, 2.24) is 25.3 Å². The van der Waals surface area contributed by atoms with E-state index in [1.54, 1.807) is 0 Å². The van der Waals surface area contributed by atoms with E-state index in [4.69, 9.17) is 0 Å². The lowest BCUT2D eigenvalue weighted by atomic mass is 10.0. The minimum Gasteiger partial charge on any atom is -0.304 e. The van der Waals surface area contributed by atoms with Crippen molar-refractivity contribution >= 4 is 0 Å². The molecule has 0 radical (unpaired) electrons. The zero-order chi connectivity index (χ0) is 15.2. The van der Waals surface area contributed by atoms with Crippen molar-refractivity contribution in [3.63, 3.8) is 0 Å². The Labute approximate surface area is 126 Å². The van der Waals surface area contributed by atoms with Gasteiger partial charge in [-0.3, -0.25) is 4.98 Å². The second-order valence-electron chi connectivity index (χ2n) is 5.48. The van der Waals surface area contributed by atoms with Crippen LogP contribution in [0.3, 0.4) is 0 Å². The third-order valence-corrected chi connectivity index (χ3v) is 3.51. The van der Waals surface area contributed by atoms with Crippen molar-refractivity contribution < 1.29 is 0 Å². The number of hydrogen-bond donors (Lipinski definition) is 1. The van der Waals surface area contributed by atoms with Crippen LogP contribution in [0.2, 0.25) is 0 Å². The van der Waals surface area contributed by atoms with E-state index in [2.05, 4.69) is 54.4 Å². The summed E-state index contributed by atoms with van der Waals surface area (Å²) in [5, 5.41) is 11.9. The highest BCUT2D eigenvalue weighted by Gasteiger charge is 2.21. The summed E-state index contributed by atoms with van der Waals surface area (Å²) < 4.78 is 1.98. The van der Waals surface area contributed by atoms with Gasteiger partial charge in [0.1, 0.15) is 0 Å². The Morgan fingerprint density at radius 2 is 2.00 bits per heavy atom. The average Bonchev–Trinajstić information content (AvgIpc) is 2.90. The summed E-state index contributed by atoms with van der Waals surface area (Å²) in [6.07, 6.45) is 5.90. The van der Waals surface area contributed by atoms with Crippen LogP contribution in [-0.4, -0.2) is 26.5 Å². The van der Waals surface area contributed by atoms with Crippen LogP contribution in [0, 0.1) is 13.8 Å². The summed E-state index contributed by atoms with van der Waals surface area (Å²) in [6.45, 7) is 10.3. The lowest BCUT2D eigenvalue weighted by molar-refractivity contribution is 0.497. The van der Waals surface area contributed by atoms with Crippen molar-refractivity contribution in [2.24, 2.45) is 0 Å². The van der Waals surface area contributed by atoms with Crippen LogP contribution in [0.25, 0.3) is 0 Å². The van der Waals surface area contributed by atoms with Crippen molar-refractivity contribution in [2.45, 2.75) is 53.1 Å². The zero-order valence-corrected chi connectivity index (χ0v) is 13.4. The van der Waals surface area contributed by atoms with Gasteiger partial charge >= 0.3 is 0 Å². The molecule has 2 rings (SSSR count). The summed E-state index contributed by atoms with van der Waals surface area (Å²) in [6, 6.07) is 2.23. The molecule has 1 unspecified atom stereocenters. The Hall–Kier alpha value is -1.75. The number of aryl methyl sites for hydroxylation is 3. The molecular weight excluding hydrogens is 262 g/mol. The van der Waals surface area contributed by atoms with Crippen LogP contribution in [-0.2, 0) is 6.54 Å². The Bertz CT molecular complexity index is 576. The van der Waals surface area contributed by atoms with Crippen molar-refractivity contribution in [3.8, 4) is 0 Å². The van der Waals surface area contributed by atoms with Crippen molar-refractivity contribution in [2.75, 3.05) is 6.54 Å². The van der Waals surface area contributed by atoms with Crippen LogP contribution >= 0.6 is 0 Å². The molecule has 2 aromatic heterocycles. The van der Waals surface area contributed by atoms with Gasteiger partial charge in [-0.1, -0.05) is 25.1 Å². The van der Waals surface area contributed by atoms with Crippen LogP contribution in [0.4, 0.5) is 0 Å². The first-order valence-corrected chi connectivity index (χ1v) is 7.72. The second-order valence-corrected chi connectivity index (χ2v) is 5.48. The minimum atomic E-state index is 0.0482. The highest BCUT2D eigenvalue weighted by atomic mass is 15.4. The molecule has 0 spiro atoms. The van der Waals surface area contributed by atoms with Gasteiger partial charge in [-0.15, -0.1) is 5.10 Å². The molecule has 0 bridgehead atoms. The van der Waals surface area contributed by atoms with Gasteiger partial charge in [0.25, 0.3) is 0 Å². The van der Waals surface area contributed by atoms with Crippen LogP contribution in [0.5, 0.6) is 0 Å². The van der Waals surface area contributed by atoms with Gasteiger partial charge < -0.3 is 5.32 Å². The van der Waals surface area contributed by atoms with E-state index in [1.165, 1.54) is 11.1 Å². The molecule has 2 aromatic rings. The van der Waals surface area contributed by atoms with Gasteiger partial charge in [-0.25, -0.2) is 4.68 Å². The van der Waals surface area contributed by atoms with Gasteiger partial charge in [-0.05, 0) is 44.4 Å². The van der Waals surface area contributed by atoms with E-state index in [0.717, 1.165) is 37.3 Å². The van der Waals surface area contributed by atoms with Crippen LogP contribution in [0.15, 0.2) is 18.5 Å². The van der Waals surface area contributed by atoms with E-state index in [-0.39, 0.29) is 6.04 Å². The predicted octanol–water partition coefficient (Wildman–Crippen LogP) is 2.79. The molecule has 1 N–H and O–H groups in total. The minimum absolute atomic E-state index is 0.0482. The highest BCUT2D eigenvalue weighted by molar-refractivity contribution is 5.30. The molecule has 114 valence electrons. The van der Waals surface area contributed by atoms with Crippen molar-refractivity contribution in [1.29, 1.82) is 0 Å². The van der Waals surface area contributed by atoms with Gasteiger partial charge in [-0.2, -0.15) is 0 Å². The first kappa shape index (κ1) is 15.6. The SMILES string of the molecule is CCCNC(c1ncc(C)cc1C)c1cnnn1CCC. The maximum absolute atomic E-state index is 4.66. The maximum Gasteiger partial charge on any atom is 0.0941 e. The van der Waals surface area contributed by atoms with Crippen LogP contribution in [0.1, 0.15) is 55.2 Å². The molecule has 0 fully saturated rings. The Kier molecular flexibility index (Phi) is 5.44. The summed E-state index contributed by atoms with van der Waals surface area (Å²) >= 11 is 0. The quantitative estimate of drug-likeness (QED) is 0.851. The molecule has 21 heavy (non-hydrogen) atoms. The fourth-order valence-corrected chi connectivity index (χ4v) is 2.53. The third kappa shape index (κ3) is 3.67. The lowest BCUT2D eigenvalue weighted by Gasteiger charge is -2.20. The Morgan fingerprint density at radius 1 is 1.19 bits per heavy atom. The number of nitrogens with zero attached hydrogens (tertiary/aromatic N) is 4. The van der Waals surface area contributed by atoms with Gasteiger partial charge in [0.05, 0.1) is 23.6 Å². The standard InChI is InChI=1S/C16H25N5/c1-5-7-17-16(14-11-19-20-21(14)8-6-2)15-13(4)9-12(3)10-18-15/h9-11,16-17H,5-8H2,1-4H3. The summed E-state index contributed by atoms with van der Waals surface area (Å²) in [4.78, 5) is 4.66. The zero-order valence-electron chi connectivity index (χ0n) is 13.4. The molecule has 0 aromatic carbocycles. The van der Waals surface area contributed by atoms with Gasteiger partial charge in [0.2, 0.25) is 0 Å². The normalized spacial score (nSPS) is 12.6. The molecule has 0 aliphatic heterocycles. The first-order chi connectivity index (χ1) is 10.2. The largest absolute Gasteiger partial charge is 0.304 e. The van der Waals surface area contributed by atoms with Gasteiger partial charge in [0, 0.05) is 12.7 Å². The van der Waals surface area contributed by atoms with Crippen LogP contribution < -0.4 is 5.32 Å². The summed E-state index contributed by atoms with van der Waals surface area (Å²) in [7, 11) is 0. The molecule has 0 aliphatic rings. The highest BCUT2D eigenvalue weighted by Crippen LogP contribution is 2.23. The molecule has 2 heterocycles. The van der Waals surface area contributed by atoms with E-state index in [9.17, 15) is 0 Å². The number of nitrogens with one attached hydrogen (secondary N) is 1. The monoisotopic (exact) mass is 287 g/mol. The summed E-state index contributed by atoms with van der Waals surface area (Å²) in [5.41, 5.74) is 4.54. The lowest BCUT2D eigenvalue weighted by Crippen LogP contribution is -2.27. The Morgan fingerprint density at radius 3 is 2.67 bits per heavy atom. The molecule has 1 atom stereocenters. The number of aromatic nitrogens is 4. The maximum atomic E-state index is 4.66. The number of pyridine rings is 1. The topological polar surface area (TPSA) is 55.6 Å². The number of hydrogen-bond acceptors (Lipinski definition) is 4. The second kappa shape index (κ2) is 7.31. The molecule has 5 nitrogen and oxygen atoms in total.